The standard InChI is InChI=1S/C18H21N3O/c1-2-13-3-5-14(6-4-13)12-21(16-8-9-16)18(22)17-10-7-15(19)11-20-17/h3-7,10-11,16H,2,8-9,12,19H2,1H3. The van der Waals surface area contributed by atoms with E-state index in [2.05, 4.69) is 36.2 Å². The number of aromatic nitrogens is 1. The normalized spacial score (nSPS) is 13.9. The molecule has 1 saturated carbocycles. The molecule has 3 rings (SSSR count). The molecular weight excluding hydrogens is 274 g/mol. The van der Waals surface area contributed by atoms with Crippen LogP contribution in [0.3, 0.4) is 0 Å². The molecule has 1 aromatic heterocycles. The molecule has 1 aliphatic carbocycles. The Morgan fingerprint density at radius 2 is 1.86 bits per heavy atom. The maximum atomic E-state index is 12.7. The highest BCUT2D eigenvalue weighted by atomic mass is 16.2. The number of anilines is 1. The zero-order chi connectivity index (χ0) is 15.5. The zero-order valence-electron chi connectivity index (χ0n) is 12.8. The van der Waals surface area contributed by atoms with Crippen molar-refractivity contribution in [2.24, 2.45) is 0 Å². The molecule has 4 nitrogen and oxygen atoms in total. The monoisotopic (exact) mass is 295 g/mol. The minimum Gasteiger partial charge on any atom is -0.397 e. The minimum absolute atomic E-state index is 0.0120. The second kappa shape index (κ2) is 6.18. The highest BCUT2D eigenvalue weighted by Gasteiger charge is 2.33. The van der Waals surface area contributed by atoms with Gasteiger partial charge >= 0.3 is 0 Å². The van der Waals surface area contributed by atoms with Gasteiger partial charge in [-0.05, 0) is 42.5 Å². The first-order valence-corrected chi connectivity index (χ1v) is 7.77. The molecule has 0 unspecified atom stereocenters. The van der Waals surface area contributed by atoms with Gasteiger partial charge in [0.2, 0.25) is 0 Å². The van der Waals surface area contributed by atoms with Crippen molar-refractivity contribution in [2.45, 2.75) is 38.8 Å². The van der Waals surface area contributed by atoms with E-state index in [1.54, 1.807) is 12.1 Å². The van der Waals surface area contributed by atoms with Gasteiger partial charge in [0.05, 0.1) is 11.9 Å². The van der Waals surface area contributed by atoms with Gasteiger partial charge in [-0.3, -0.25) is 4.79 Å². The van der Waals surface area contributed by atoms with E-state index in [1.807, 2.05) is 4.90 Å². The summed E-state index contributed by atoms with van der Waals surface area (Å²) in [6.45, 7) is 2.78. The van der Waals surface area contributed by atoms with E-state index in [-0.39, 0.29) is 5.91 Å². The summed E-state index contributed by atoms with van der Waals surface area (Å²) in [6.07, 6.45) is 4.72. The SMILES string of the molecule is CCc1ccc(CN(C(=O)c2ccc(N)cn2)C2CC2)cc1. The highest BCUT2D eigenvalue weighted by Crippen LogP contribution is 2.29. The molecule has 1 heterocycles. The molecule has 4 heteroatoms. The van der Waals surface area contributed by atoms with Gasteiger partial charge in [-0.1, -0.05) is 31.2 Å². The number of carbonyl (C=O) groups is 1. The van der Waals surface area contributed by atoms with Crippen LogP contribution in [0.1, 0.15) is 41.4 Å². The van der Waals surface area contributed by atoms with Crippen LogP contribution >= 0.6 is 0 Å². The van der Waals surface area contributed by atoms with Crippen LogP contribution in [0.5, 0.6) is 0 Å². The number of nitrogen functional groups attached to an aromatic ring is 1. The van der Waals surface area contributed by atoms with E-state index in [9.17, 15) is 4.79 Å². The third kappa shape index (κ3) is 3.27. The Kier molecular flexibility index (Phi) is 4.09. The van der Waals surface area contributed by atoms with E-state index in [0.29, 0.717) is 24.0 Å². The lowest BCUT2D eigenvalue weighted by Crippen LogP contribution is -2.33. The van der Waals surface area contributed by atoms with Crippen LogP contribution in [-0.2, 0) is 13.0 Å². The Bertz CT molecular complexity index is 645. The van der Waals surface area contributed by atoms with Gasteiger partial charge in [-0.2, -0.15) is 0 Å². The molecule has 0 bridgehead atoms. The number of hydrogen-bond acceptors (Lipinski definition) is 3. The Hall–Kier alpha value is -2.36. The van der Waals surface area contributed by atoms with E-state index in [1.165, 1.54) is 11.8 Å². The molecule has 22 heavy (non-hydrogen) atoms. The molecule has 1 amide bonds. The fourth-order valence-corrected chi connectivity index (χ4v) is 2.51. The van der Waals surface area contributed by atoms with Crippen LogP contribution < -0.4 is 5.73 Å². The number of pyridine rings is 1. The molecular formula is C18H21N3O. The first-order valence-electron chi connectivity index (χ1n) is 7.77. The van der Waals surface area contributed by atoms with Crippen LogP contribution in [0.4, 0.5) is 5.69 Å². The van der Waals surface area contributed by atoms with Gasteiger partial charge in [-0.15, -0.1) is 0 Å². The average molecular weight is 295 g/mol. The van der Waals surface area contributed by atoms with Crippen molar-refractivity contribution in [3.63, 3.8) is 0 Å². The van der Waals surface area contributed by atoms with Crippen molar-refractivity contribution in [2.75, 3.05) is 5.73 Å². The second-order valence-corrected chi connectivity index (χ2v) is 5.81. The lowest BCUT2D eigenvalue weighted by molar-refractivity contribution is 0.0724. The average Bonchev–Trinajstić information content (AvgIpc) is 3.38. The number of carbonyl (C=O) groups excluding carboxylic acids is 1. The molecule has 0 radical (unpaired) electrons. The van der Waals surface area contributed by atoms with Crippen LogP contribution in [0.15, 0.2) is 42.6 Å². The summed E-state index contributed by atoms with van der Waals surface area (Å²) in [7, 11) is 0. The van der Waals surface area contributed by atoms with Crippen LogP contribution in [0.2, 0.25) is 0 Å². The number of benzene rings is 1. The van der Waals surface area contributed by atoms with Crippen molar-refractivity contribution in [1.29, 1.82) is 0 Å². The molecule has 1 fully saturated rings. The van der Waals surface area contributed by atoms with Crippen molar-refractivity contribution in [1.82, 2.24) is 9.88 Å². The zero-order valence-corrected chi connectivity index (χ0v) is 12.8. The summed E-state index contributed by atoms with van der Waals surface area (Å²) < 4.78 is 0. The molecule has 0 atom stereocenters. The summed E-state index contributed by atoms with van der Waals surface area (Å²) in [6, 6.07) is 12.3. The molecule has 0 aliphatic heterocycles. The number of rotatable bonds is 5. The molecule has 0 saturated heterocycles. The van der Waals surface area contributed by atoms with Crippen LogP contribution in [0.25, 0.3) is 0 Å². The summed E-state index contributed by atoms with van der Waals surface area (Å²) in [5, 5.41) is 0. The predicted molar refractivity (Wildman–Crippen MR) is 87.4 cm³/mol. The quantitative estimate of drug-likeness (QED) is 0.922. The number of aryl methyl sites for hydroxylation is 1. The van der Waals surface area contributed by atoms with E-state index in [4.69, 9.17) is 5.73 Å². The number of amides is 1. The van der Waals surface area contributed by atoms with Gasteiger partial charge in [0.15, 0.2) is 0 Å². The summed E-state index contributed by atoms with van der Waals surface area (Å²) >= 11 is 0. The summed E-state index contributed by atoms with van der Waals surface area (Å²) in [4.78, 5) is 18.8. The van der Waals surface area contributed by atoms with Crippen molar-refractivity contribution >= 4 is 11.6 Å². The Balaban J connectivity index is 1.77. The molecule has 1 aliphatic rings. The first kappa shape index (κ1) is 14.6. The Morgan fingerprint density at radius 1 is 1.18 bits per heavy atom. The lowest BCUT2D eigenvalue weighted by Gasteiger charge is -2.22. The van der Waals surface area contributed by atoms with Crippen LogP contribution in [0, 0.1) is 0 Å². The number of nitrogens with two attached hydrogens (primary N) is 1. The Morgan fingerprint density at radius 3 is 2.41 bits per heavy atom. The Labute approximate surface area is 131 Å². The van der Waals surface area contributed by atoms with Gasteiger partial charge in [0, 0.05) is 12.6 Å². The van der Waals surface area contributed by atoms with Gasteiger partial charge in [-0.25, -0.2) is 4.98 Å². The molecule has 0 spiro atoms. The number of nitrogens with zero attached hydrogens (tertiary/aromatic N) is 2. The third-order valence-electron chi connectivity index (χ3n) is 4.04. The summed E-state index contributed by atoms with van der Waals surface area (Å²) in [5.41, 5.74) is 9.15. The van der Waals surface area contributed by atoms with Gasteiger partial charge in [0.1, 0.15) is 5.69 Å². The third-order valence-corrected chi connectivity index (χ3v) is 4.04. The van der Waals surface area contributed by atoms with Crippen LogP contribution in [-0.4, -0.2) is 21.8 Å². The van der Waals surface area contributed by atoms with Crippen molar-refractivity contribution in [3.05, 3.63) is 59.4 Å². The molecule has 114 valence electrons. The van der Waals surface area contributed by atoms with Gasteiger partial charge in [0.25, 0.3) is 5.91 Å². The molecule has 2 aromatic rings. The number of hydrogen-bond donors (Lipinski definition) is 1. The fraction of sp³-hybridized carbons (Fsp3) is 0.333. The lowest BCUT2D eigenvalue weighted by atomic mass is 10.1. The minimum atomic E-state index is -0.0120. The van der Waals surface area contributed by atoms with Crippen molar-refractivity contribution < 1.29 is 4.79 Å². The van der Waals surface area contributed by atoms with E-state index < -0.39 is 0 Å². The predicted octanol–water partition coefficient (Wildman–Crippen LogP) is 3.03. The fourth-order valence-electron chi connectivity index (χ4n) is 2.51. The van der Waals surface area contributed by atoms with Crippen molar-refractivity contribution in [3.8, 4) is 0 Å². The van der Waals surface area contributed by atoms with Gasteiger partial charge < -0.3 is 10.6 Å². The maximum Gasteiger partial charge on any atom is 0.272 e. The largest absolute Gasteiger partial charge is 0.397 e. The van der Waals surface area contributed by atoms with E-state index >= 15 is 0 Å². The second-order valence-electron chi connectivity index (χ2n) is 5.81. The smallest absolute Gasteiger partial charge is 0.272 e. The molecule has 1 aromatic carbocycles. The van der Waals surface area contributed by atoms with E-state index in [0.717, 1.165) is 24.8 Å². The first-order chi connectivity index (χ1) is 10.7. The molecule has 2 N–H and O–H groups in total. The topological polar surface area (TPSA) is 59.2 Å². The maximum absolute atomic E-state index is 12.7. The highest BCUT2D eigenvalue weighted by molar-refractivity contribution is 5.92. The summed E-state index contributed by atoms with van der Waals surface area (Å²) in [5.74, 6) is -0.0120.